The van der Waals surface area contributed by atoms with Crippen molar-refractivity contribution in [3.63, 3.8) is 0 Å². The van der Waals surface area contributed by atoms with Gasteiger partial charge in [0.1, 0.15) is 6.10 Å². The molecule has 0 aromatic carbocycles. The van der Waals surface area contributed by atoms with Crippen molar-refractivity contribution in [1.29, 1.82) is 0 Å². The Balaban J connectivity index is 1.98. The zero-order valence-electron chi connectivity index (χ0n) is 6.12. The molecule has 2 aliphatic rings. The Morgan fingerprint density at radius 3 is 3.00 bits per heavy atom. The third kappa shape index (κ3) is 0.993. The first kappa shape index (κ1) is 6.14. The van der Waals surface area contributed by atoms with Crippen LogP contribution < -0.4 is 0 Å². The van der Waals surface area contributed by atoms with Crippen molar-refractivity contribution >= 4 is 11.3 Å². The lowest BCUT2D eigenvalue weighted by Gasteiger charge is -1.93. The predicted molar refractivity (Wildman–Crippen MR) is 42.8 cm³/mol. The highest BCUT2D eigenvalue weighted by atomic mass is 32.1. The summed E-state index contributed by atoms with van der Waals surface area (Å²) in [5.41, 5.74) is 3.28. The minimum Gasteiger partial charge on any atom is -0.367 e. The van der Waals surface area contributed by atoms with Crippen molar-refractivity contribution in [1.82, 2.24) is 4.98 Å². The highest BCUT2D eigenvalue weighted by Gasteiger charge is 2.35. The van der Waals surface area contributed by atoms with Gasteiger partial charge >= 0.3 is 0 Å². The van der Waals surface area contributed by atoms with Gasteiger partial charge < -0.3 is 4.74 Å². The maximum atomic E-state index is 5.24. The summed E-state index contributed by atoms with van der Waals surface area (Å²) < 4.78 is 5.24. The van der Waals surface area contributed by atoms with Gasteiger partial charge in [-0.25, -0.2) is 4.98 Å². The summed E-state index contributed by atoms with van der Waals surface area (Å²) in [4.78, 5) is 5.77. The van der Waals surface area contributed by atoms with E-state index in [-0.39, 0.29) is 0 Å². The number of rotatable bonds is 2. The standard InChI is InChI=1S/C8H9NOS/c1-2-5(1)7-8(6-3-10-6)11-4-9-7/h4-6H,1-3H2/t6-/m0/s1. The van der Waals surface area contributed by atoms with Crippen LogP contribution in [-0.4, -0.2) is 11.6 Å². The van der Waals surface area contributed by atoms with Crippen molar-refractivity contribution < 1.29 is 4.74 Å². The molecule has 2 nitrogen and oxygen atoms in total. The minimum atomic E-state index is 0.415. The van der Waals surface area contributed by atoms with Crippen LogP contribution in [0.15, 0.2) is 5.51 Å². The van der Waals surface area contributed by atoms with Gasteiger partial charge in [-0.05, 0) is 12.8 Å². The fraction of sp³-hybridized carbons (Fsp3) is 0.625. The third-order valence-corrected chi connectivity index (χ3v) is 3.15. The molecule has 0 bridgehead atoms. The molecular formula is C8H9NOS. The third-order valence-electron chi connectivity index (χ3n) is 2.21. The van der Waals surface area contributed by atoms with Crippen LogP contribution in [0.5, 0.6) is 0 Å². The Kier molecular flexibility index (Phi) is 1.14. The summed E-state index contributed by atoms with van der Waals surface area (Å²) in [6, 6.07) is 0. The molecule has 0 unspecified atom stereocenters. The molecule has 1 aromatic rings. The molecule has 1 atom stereocenters. The Morgan fingerprint density at radius 1 is 1.55 bits per heavy atom. The zero-order valence-corrected chi connectivity index (χ0v) is 6.93. The average Bonchev–Trinajstić information content (AvgIpc) is 2.91. The van der Waals surface area contributed by atoms with Gasteiger partial charge in [-0.15, -0.1) is 11.3 Å². The van der Waals surface area contributed by atoms with Crippen LogP contribution in [0, 0.1) is 0 Å². The lowest BCUT2D eigenvalue weighted by Crippen LogP contribution is -1.85. The second-order valence-corrected chi connectivity index (χ2v) is 4.08. The van der Waals surface area contributed by atoms with E-state index in [1.54, 1.807) is 11.3 Å². The Hall–Kier alpha value is -0.410. The zero-order chi connectivity index (χ0) is 7.26. The van der Waals surface area contributed by atoms with Crippen molar-refractivity contribution in [3.05, 3.63) is 16.1 Å². The molecule has 0 amide bonds. The van der Waals surface area contributed by atoms with Crippen LogP contribution in [0.1, 0.15) is 35.4 Å². The van der Waals surface area contributed by atoms with Crippen LogP contribution >= 0.6 is 11.3 Å². The molecule has 11 heavy (non-hydrogen) atoms. The normalized spacial score (nSPS) is 28.9. The van der Waals surface area contributed by atoms with Crippen molar-refractivity contribution in [2.45, 2.75) is 24.9 Å². The molecule has 1 aliphatic carbocycles. The molecule has 1 saturated carbocycles. The van der Waals surface area contributed by atoms with Crippen LogP contribution in [0.4, 0.5) is 0 Å². The molecule has 1 aromatic heterocycles. The van der Waals surface area contributed by atoms with E-state index in [2.05, 4.69) is 4.98 Å². The van der Waals surface area contributed by atoms with Gasteiger partial charge in [-0.3, -0.25) is 0 Å². The summed E-state index contributed by atoms with van der Waals surface area (Å²) in [7, 11) is 0. The molecule has 0 N–H and O–H groups in total. The van der Waals surface area contributed by atoms with E-state index in [1.165, 1.54) is 23.4 Å². The van der Waals surface area contributed by atoms with Crippen LogP contribution in [-0.2, 0) is 4.74 Å². The van der Waals surface area contributed by atoms with Gasteiger partial charge in [0.05, 0.1) is 22.7 Å². The summed E-state index contributed by atoms with van der Waals surface area (Å²) >= 11 is 1.75. The number of epoxide rings is 1. The number of hydrogen-bond donors (Lipinski definition) is 0. The van der Waals surface area contributed by atoms with Crippen molar-refractivity contribution in [2.75, 3.05) is 6.61 Å². The van der Waals surface area contributed by atoms with Crippen LogP contribution in [0.3, 0.4) is 0 Å². The van der Waals surface area contributed by atoms with Gasteiger partial charge in [0.15, 0.2) is 0 Å². The molecule has 1 saturated heterocycles. The number of ether oxygens (including phenoxy) is 1. The van der Waals surface area contributed by atoms with E-state index in [9.17, 15) is 0 Å². The van der Waals surface area contributed by atoms with Crippen LogP contribution in [0.25, 0.3) is 0 Å². The van der Waals surface area contributed by atoms with E-state index in [0.29, 0.717) is 6.10 Å². The number of thiazole rings is 1. The predicted octanol–water partition coefficient (Wildman–Crippen LogP) is 2.09. The molecule has 2 fully saturated rings. The topological polar surface area (TPSA) is 25.4 Å². The van der Waals surface area contributed by atoms with Gasteiger partial charge in [-0.2, -0.15) is 0 Å². The first-order valence-corrected chi connectivity index (χ1v) is 4.88. The molecule has 3 rings (SSSR count). The van der Waals surface area contributed by atoms with Crippen molar-refractivity contribution in [2.24, 2.45) is 0 Å². The van der Waals surface area contributed by atoms with Gasteiger partial charge in [0.25, 0.3) is 0 Å². The number of aromatic nitrogens is 1. The Bertz CT molecular complexity index is 249. The molecule has 0 radical (unpaired) electrons. The van der Waals surface area contributed by atoms with Gasteiger partial charge in [-0.1, -0.05) is 0 Å². The molecule has 3 heteroatoms. The van der Waals surface area contributed by atoms with E-state index in [1.807, 2.05) is 5.51 Å². The van der Waals surface area contributed by atoms with Crippen molar-refractivity contribution in [3.8, 4) is 0 Å². The molecule has 0 spiro atoms. The lowest BCUT2D eigenvalue weighted by atomic mass is 10.2. The monoisotopic (exact) mass is 167 g/mol. The number of hydrogen-bond acceptors (Lipinski definition) is 3. The average molecular weight is 167 g/mol. The lowest BCUT2D eigenvalue weighted by molar-refractivity contribution is 0.417. The van der Waals surface area contributed by atoms with Gasteiger partial charge in [0.2, 0.25) is 0 Å². The van der Waals surface area contributed by atoms with E-state index < -0.39 is 0 Å². The summed E-state index contributed by atoms with van der Waals surface area (Å²) in [5, 5.41) is 0. The Morgan fingerprint density at radius 2 is 2.36 bits per heavy atom. The van der Waals surface area contributed by atoms with E-state index in [4.69, 9.17) is 4.74 Å². The fourth-order valence-corrected chi connectivity index (χ4v) is 2.28. The Labute approximate surface area is 69.2 Å². The summed E-state index contributed by atoms with van der Waals surface area (Å²) in [6.45, 7) is 0.919. The molecular weight excluding hydrogens is 158 g/mol. The highest BCUT2D eigenvalue weighted by molar-refractivity contribution is 7.09. The maximum Gasteiger partial charge on any atom is 0.117 e. The smallest absolute Gasteiger partial charge is 0.117 e. The quantitative estimate of drug-likeness (QED) is 0.630. The summed E-state index contributed by atoms with van der Waals surface area (Å²) in [6.07, 6.45) is 3.09. The second kappa shape index (κ2) is 2.05. The maximum absolute atomic E-state index is 5.24. The first-order chi connectivity index (χ1) is 5.45. The largest absolute Gasteiger partial charge is 0.367 e. The second-order valence-electron chi connectivity index (χ2n) is 3.20. The molecule has 1 aliphatic heterocycles. The number of nitrogens with zero attached hydrogens (tertiary/aromatic N) is 1. The minimum absolute atomic E-state index is 0.415. The molecule has 2 heterocycles. The summed E-state index contributed by atoms with van der Waals surface area (Å²) in [5.74, 6) is 0.778. The highest BCUT2D eigenvalue weighted by Crippen LogP contribution is 2.46. The fourth-order valence-electron chi connectivity index (χ4n) is 1.37. The molecule has 58 valence electrons. The van der Waals surface area contributed by atoms with E-state index >= 15 is 0 Å². The SMILES string of the molecule is c1nc(C2CC2)c([C@@H]2CO2)s1. The van der Waals surface area contributed by atoms with E-state index in [0.717, 1.165) is 12.5 Å². The first-order valence-electron chi connectivity index (χ1n) is 4.00. The van der Waals surface area contributed by atoms with Gasteiger partial charge in [0, 0.05) is 5.92 Å². The van der Waals surface area contributed by atoms with Crippen LogP contribution in [0.2, 0.25) is 0 Å².